The fourth-order valence-electron chi connectivity index (χ4n) is 1.11. The van der Waals surface area contributed by atoms with Crippen LogP contribution in [0, 0.1) is 18.3 Å². The highest BCUT2D eigenvalue weighted by molar-refractivity contribution is 5.93. The van der Waals surface area contributed by atoms with E-state index in [0.717, 1.165) is 5.56 Å². The molecule has 1 rings (SSSR count). The highest BCUT2D eigenvalue weighted by atomic mass is 15.1. The molecule has 0 aliphatic rings. The molecule has 0 saturated carbocycles. The van der Waals surface area contributed by atoms with E-state index in [4.69, 9.17) is 11.0 Å². The van der Waals surface area contributed by atoms with Gasteiger partial charge in [0.25, 0.3) is 0 Å². The number of guanidine groups is 1. The lowest BCUT2D eigenvalue weighted by molar-refractivity contribution is 1.35. The van der Waals surface area contributed by atoms with Gasteiger partial charge in [0, 0.05) is 7.05 Å². The van der Waals surface area contributed by atoms with Crippen LogP contribution in [0.2, 0.25) is 0 Å². The van der Waals surface area contributed by atoms with Crippen LogP contribution < -0.4 is 11.1 Å². The number of benzene rings is 1. The Kier molecular flexibility index (Phi) is 3.08. The zero-order chi connectivity index (χ0) is 10.6. The number of nitriles is 1. The Morgan fingerprint density at radius 3 is 2.86 bits per heavy atom. The fourth-order valence-corrected chi connectivity index (χ4v) is 1.11. The summed E-state index contributed by atoms with van der Waals surface area (Å²) in [5.41, 5.74) is 7.71. The average molecular weight is 188 g/mol. The first kappa shape index (κ1) is 10.1. The maximum Gasteiger partial charge on any atom is 0.192 e. The first-order chi connectivity index (χ1) is 6.69. The van der Waals surface area contributed by atoms with Crippen LogP contribution in [0.25, 0.3) is 0 Å². The average Bonchev–Trinajstić information content (AvgIpc) is 2.18. The number of anilines is 1. The van der Waals surface area contributed by atoms with Crippen LogP contribution in [-0.4, -0.2) is 13.0 Å². The molecule has 0 aliphatic heterocycles. The third kappa shape index (κ3) is 2.02. The van der Waals surface area contributed by atoms with Gasteiger partial charge < -0.3 is 11.1 Å². The summed E-state index contributed by atoms with van der Waals surface area (Å²) in [6.07, 6.45) is 0. The first-order valence-corrected chi connectivity index (χ1v) is 4.18. The lowest BCUT2D eigenvalue weighted by Crippen LogP contribution is -2.22. The molecular formula is C10H12N4. The van der Waals surface area contributed by atoms with E-state index in [-0.39, 0.29) is 0 Å². The Hall–Kier alpha value is -2.02. The minimum absolute atomic E-state index is 0.298. The van der Waals surface area contributed by atoms with Crippen molar-refractivity contribution < 1.29 is 0 Å². The van der Waals surface area contributed by atoms with E-state index >= 15 is 0 Å². The molecule has 0 atom stereocenters. The minimum atomic E-state index is 0.298. The van der Waals surface area contributed by atoms with Crippen LogP contribution in [0.4, 0.5) is 5.69 Å². The monoisotopic (exact) mass is 188 g/mol. The van der Waals surface area contributed by atoms with Crippen LogP contribution >= 0.6 is 0 Å². The summed E-state index contributed by atoms with van der Waals surface area (Å²) < 4.78 is 0. The first-order valence-electron chi connectivity index (χ1n) is 4.18. The molecule has 72 valence electrons. The second-order valence-electron chi connectivity index (χ2n) is 2.84. The van der Waals surface area contributed by atoms with E-state index < -0.39 is 0 Å². The van der Waals surface area contributed by atoms with Crippen LogP contribution in [-0.2, 0) is 0 Å². The highest BCUT2D eigenvalue weighted by Crippen LogP contribution is 2.17. The smallest absolute Gasteiger partial charge is 0.192 e. The molecule has 0 bridgehead atoms. The van der Waals surface area contributed by atoms with Gasteiger partial charge in [0.15, 0.2) is 5.96 Å². The van der Waals surface area contributed by atoms with Crippen molar-refractivity contribution in [3.05, 3.63) is 29.3 Å². The summed E-state index contributed by atoms with van der Waals surface area (Å²) >= 11 is 0. The molecule has 0 radical (unpaired) electrons. The van der Waals surface area contributed by atoms with E-state index in [2.05, 4.69) is 16.4 Å². The molecule has 1 aromatic carbocycles. The predicted molar refractivity (Wildman–Crippen MR) is 57.1 cm³/mol. The molecule has 0 saturated heterocycles. The van der Waals surface area contributed by atoms with Crippen LogP contribution in [0.1, 0.15) is 11.1 Å². The molecule has 0 unspecified atom stereocenters. The van der Waals surface area contributed by atoms with Crippen molar-refractivity contribution in [3.8, 4) is 6.07 Å². The van der Waals surface area contributed by atoms with Crippen LogP contribution in [0.5, 0.6) is 0 Å². The maximum absolute atomic E-state index is 8.91. The predicted octanol–water partition coefficient (Wildman–Crippen LogP) is 1.22. The maximum atomic E-state index is 8.91. The van der Waals surface area contributed by atoms with E-state index in [1.54, 1.807) is 13.1 Å². The van der Waals surface area contributed by atoms with E-state index in [1.807, 2.05) is 19.1 Å². The van der Waals surface area contributed by atoms with Gasteiger partial charge >= 0.3 is 0 Å². The van der Waals surface area contributed by atoms with Crippen molar-refractivity contribution in [2.45, 2.75) is 6.92 Å². The second-order valence-corrected chi connectivity index (χ2v) is 2.84. The third-order valence-corrected chi connectivity index (χ3v) is 1.89. The van der Waals surface area contributed by atoms with Gasteiger partial charge in [-0.05, 0) is 18.6 Å². The van der Waals surface area contributed by atoms with Crippen molar-refractivity contribution >= 4 is 11.6 Å². The van der Waals surface area contributed by atoms with Gasteiger partial charge in [-0.25, -0.2) is 0 Å². The van der Waals surface area contributed by atoms with E-state index in [1.165, 1.54) is 0 Å². The highest BCUT2D eigenvalue weighted by Gasteiger charge is 2.04. The molecule has 3 N–H and O–H groups in total. The number of nitrogens with one attached hydrogen (secondary N) is 1. The Labute approximate surface area is 83.1 Å². The number of aliphatic imine (C=N–C) groups is 1. The van der Waals surface area contributed by atoms with Gasteiger partial charge in [-0.15, -0.1) is 0 Å². The number of nitrogens with two attached hydrogens (primary N) is 1. The molecule has 0 aliphatic carbocycles. The summed E-state index contributed by atoms with van der Waals surface area (Å²) in [7, 11) is 1.59. The quantitative estimate of drug-likeness (QED) is 0.514. The number of rotatable bonds is 1. The summed E-state index contributed by atoms with van der Waals surface area (Å²) in [5, 5.41) is 11.8. The number of hydrogen-bond donors (Lipinski definition) is 2. The molecule has 0 fully saturated rings. The molecular weight excluding hydrogens is 176 g/mol. The van der Waals surface area contributed by atoms with Gasteiger partial charge in [0.1, 0.15) is 6.07 Å². The Bertz CT molecular complexity index is 401. The molecule has 4 heteroatoms. The van der Waals surface area contributed by atoms with Crippen molar-refractivity contribution in [2.75, 3.05) is 12.4 Å². The number of nitrogens with zero attached hydrogens (tertiary/aromatic N) is 2. The van der Waals surface area contributed by atoms with Crippen molar-refractivity contribution in [1.82, 2.24) is 0 Å². The van der Waals surface area contributed by atoms with Gasteiger partial charge in [0.05, 0.1) is 11.3 Å². The summed E-state index contributed by atoms with van der Waals surface area (Å²) in [5.74, 6) is 0.298. The third-order valence-electron chi connectivity index (χ3n) is 1.89. The molecule has 0 amide bonds. The zero-order valence-electron chi connectivity index (χ0n) is 8.20. The standard InChI is InChI=1S/C10H12N4/c1-7-4-3-5-9(8(7)6-11)14-10(12)13-2/h3-5H,1-2H3,(H3,12,13,14). The summed E-state index contributed by atoms with van der Waals surface area (Å²) in [6.45, 7) is 1.88. The topological polar surface area (TPSA) is 74.2 Å². The Morgan fingerprint density at radius 1 is 1.57 bits per heavy atom. The summed E-state index contributed by atoms with van der Waals surface area (Å²) in [6, 6.07) is 7.66. The SMILES string of the molecule is CN=C(N)Nc1cccc(C)c1C#N. The van der Waals surface area contributed by atoms with Crippen LogP contribution in [0.3, 0.4) is 0 Å². The molecule has 1 aromatic rings. The van der Waals surface area contributed by atoms with Crippen molar-refractivity contribution in [1.29, 1.82) is 5.26 Å². The number of aryl methyl sites for hydroxylation is 1. The number of hydrogen-bond acceptors (Lipinski definition) is 2. The Morgan fingerprint density at radius 2 is 2.29 bits per heavy atom. The summed E-state index contributed by atoms with van der Waals surface area (Å²) in [4.78, 5) is 3.76. The molecule has 14 heavy (non-hydrogen) atoms. The molecule has 0 aromatic heterocycles. The molecule has 0 heterocycles. The Balaban J connectivity index is 3.10. The largest absolute Gasteiger partial charge is 0.370 e. The normalized spacial score (nSPS) is 10.8. The lowest BCUT2D eigenvalue weighted by Gasteiger charge is -2.07. The minimum Gasteiger partial charge on any atom is -0.370 e. The van der Waals surface area contributed by atoms with Crippen molar-refractivity contribution in [2.24, 2.45) is 10.7 Å². The van der Waals surface area contributed by atoms with E-state index in [0.29, 0.717) is 17.2 Å². The van der Waals surface area contributed by atoms with Crippen LogP contribution in [0.15, 0.2) is 23.2 Å². The second kappa shape index (κ2) is 4.28. The van der Waals surface area contributed by atoms with E-state index in [9.17, 15) is 0 Å². The van der Waals surface area contributed by atoms with Crippen molar-refractivity contribution in [3.63, 3.8) is 0 Å². The van der Waals surface area contributed by atoms with Gasteiger partial charge in [0.2, 0.25) is 0 Å². The fraction of sp³-hybridized carbons (Fsp3) is 0.200. The van der Waals surface area contributed by atoms with Gasteiger partial charge in [-0.2, -0.15) is 5.26 Å². The molecule has 4 nitrogen and oxygen atoms in total. The van der Waals surface area contributed by atoms with Gasteiger partial charge in [-0.3, -0.25) is 4.99 Å². The molecule has 0 spiro atoms. The zero-order valence-corrected chi connectivity index (χ0v) is 8.20. The van der Waals surface area contributed by atoms with Gasteiger partial charge in [-0.1, -0.05) is 12.1 Å². The lowest BCUT2D eigenvalue weighted by atomic mass is 10.1.